The summed E-state index contributed by atoms with van der Waals surface area (Å²) in [6, 6.07) is 4.90. The Hall–Kier alpha value is -0.700. The van der Waals surface area contributed by atoms with Crippen LogP contribution in [0.15, 0.2) is 18.2 Å². The van der Waals surface area contributed by atoms with Crippen LogP contribution in [0, 0.1) is 29.5 Å². The van der Waals surface area contributed by atoms with Crippen LogP contribution >= 0.6 is 11.6 Å². The van der Waals surface area contributed by atoms with Crippen molar-refractivity contribution in [3.63, 3.8) is 0 Å². The topological polar surface area (TPSA) is 0 Å². The Bertz CT molecular complexity index is 645. The van der Waals surface area contributed by atoms with E-state index in [-0.39, 0.29) is 17.5 Å². The van der Waals surface area contributed by atoms with Gasteiger partial charge in [0.25, 0.3) is 0 Å². The molecule has 0 unspecified atom stereocenters. The Morgan fingerprint density at radius 3 is 1.82 bits per heavy atom. The van der Waals surface area contributed by atoms with Crippen molar-refractivity contribution in [1.82, 2.24) is 0 Å². The maximum absolute atomic E-state index is 13.2. The first-order valence-corrected chi connectivity index (χ1v) is 14.0. The van der Waals surface area contributed by atoms with E-state index in [1.165, 1.54) is 70.3 Å². The molecule has 0 atom stereocenters. The summed E-state index contributed by atoms with van der Waals surface area (Å²) >= 11 is 5.61. The molecule has 0 spiro atoms. The minimum absolute atomic E-state index is 0.0997. The number of halogens is 4. The van der Waals surface area contributed by atoms with Gasteiger partial charge < -0.3 is 0 Å². The minimum Gasteiger partial charge on any atom is -0.251 e. The van der Waals surface area contributed by atoms with E-state index >= 15 is 0 Å². The molecule has 0 heterocycles. The molecule has 33 heavy (non-hydrogen) atoms. The summed E-state index contributed by atoms with van der Waals surface area (Å²) in [7, 11) is 0. The zero-order valence-electron chi connectivity index (χ0n) is 20.5. The summed E-state index contributed by atoms with van der Waals surface area (Å²) < 4.78 is 38.5. The van der Waals surface area contributed by atoms with Crippen molar-refractivity contribution in [3.05, 3.63) is 34.6 Å². The molecule has 4 rings (SSSR count). The third-order valence-electron chi connectivity index (χ3n) is 8.74. The van der Waals surface area contributed by atoms with E-state index in [1.807, 2.05) is 6.07 Å². The molecule has 3 aliphatic rings. The van der Waals surface area contributed by atoms with Crippen molar-refractivity contribution >= 4 is 11.6 Å². The van der Waals surface area contributed by atoms with E-state index in [0.717, 1.165) is 42.6 Å². The van der Waals surface area contributed by atoms with Crippen LogP contribution < -0.4 is 0 Å². The normalized spacial score (nSPS) is 32.6. The van der Waals surface area contributed by atoms with Crippen molar-refractivity contribution in [3.8, 4) is 0 Å². The molecule has 0 aliphatic heterocycles. The van der Waals surface area contributed by atoms with E-state index in [1.54, 1.807) is 6.07 Å². The molecule has 4 heteroatoms. The Morgan fingerprint density at radius 1 is 0.788 bits per heavy atom. The van der Waals surface area contributed by atoms with Crippen LogP contribution in [0.4, 0.5) is 13.2 Å². The Labute approximate surface area is 205 Å². The highest BCUT2D eigenvalue weighted by molar-refractivity contribution is 6.30. The summed E-state index contributed by atoms with van der Waals surface area (Å²) in [5, 5.41) is 0.151. The maximum atomic E-state index is 13.2. The third-order valence-corrected chi connectivity index (χ3v) is 9.04. The zero-order valence-corrected chi connectivity index (χ0v) is 21.3. The van der Waals surface area contributed by atoms with Gasteiger partial charge in [0, 0.05) is 0 Å². The van der Waals surface area contributed by atoms with Gasteiger partial charge in [0.15, 0.2) is 0 Å². The zero-order chi connectivity index (χ0) is 23.6. The van der Waals surface area contributed by atoms with Gasteiger partial charge in [-0.2, -0.15) is 0 Å². The molecule has 0 aromatic heterocycles. The van der Waals surface area contributed by atoms with E-state index in [4.69, 9.17) is 11.6 Å². The van der Waals surface area contributed by atoms with Crippen molar-refractivity contribution < 1.29 is 13.2 Å². The predicted octanol–water partition coefficient (Wildman–Crippen LogP) is 10.2. The minimum atomic E-state index is -0.668. The molecule has 3 saturated carbocycles. The first-order chi connectivity index (χ1) is 16.0. The molecule has 0 N–H and O–H groups in total. The fourth-order valence-corrected chi connectivity index (χ4v) is 6.73. The largest absolute Gasteiger partial charge is 0.251 e. The average Bonchev–Trinajstić information content (AvgIpc) is 2.83. The van der Waals surface area contributed by atoms with Crippen LogP contribution in [-0.4, -0.2) is 12.8 Å². The molecule has 188 valence electrons. The van der Waals surface area contributed by atoms with Gasteiger partial charge in [-0.05, 0) is 105 Å². The van der Waals surface area contributed by atoms with Crippen LogP contribution in [0.2, 0.25) is 5.02 Å². The summed E-state index contributed by atoms with van der Waals surface area (Å²) in [5.74, 6) is 3.67. The van der Waals surface area contributed by atoms with E-state index < -0.39 is 6.17 Å². The number of alkyl halides is 2. The van der Waals surface area contributed by atoms with Crippen LogP contribution in [0.25, 0.3) is 0 Å². The second-order valence-electron chi connectivity index (χ2n) is 11.0. The molecule has 1 aromatic rings. The molecule has 0 radical (unpaired) electrons. The second-order valence-corrected chi connectivity index (χ2v) is 11.4. The summed E-state index contributed by atoms with van der Waals surface area (Å²) in [6.45, 7) is 2.22. The molecule has 0 saturated heterocycles. The highest BCUT2D eigenvalue weighted by Gasteiger charge is 2.30. The maximum Gasteiger partial charge on any atom is 0.142 e. The van der Waals surface area contributed by atoms with Crippen molar-refractivity contribution in [2.75, 3.05) is 6.67 Å². The Morgan fingerprint density at radius 2 is 1.33 bits per heavy atom. The van der Waals surface area contributed by atoms with Gasteiger partial charge in [0.2, 0.25) is 0 Å². The van der Waals surface area contributed by atoms with E-state index in [9.17, 15) is 13.2 Å². The smallest absolute Gasteiger partial charge is 0.142 e. The lowest BCUT2D eigenvalue weighted by atomic mass is 9.68. The van der Waals surface area contributed by atoms with Crippen LogP contribution in [0.3, 0.4) is 0 Å². The molecule has 0 bridgehead atoms. The van der Waals surface area contributed by atoms with Gasteiger partial charge in [-0.3, -0.25) is 4.39 Å². The molecule has 3 aliphatic carbocycles. The molecule has 0 nitrogen and oxygen atoms in total. The standard InChI is InChI=1S/C17H31F.C12H13ClF2/c1-2-3-14-4-8-16(9-5-14)17-10-6-15(7-11-17)12-13-18;13-11-6-3-9(7-12(11)15)8-1-4-10(14)5-2-8/h14-17H,2-13H2,1H3;3,6-8,10H,1-2,4-5H2. The highest BCUT2D eigenvalue weighted by atomic mass is 35.5. The average molecular weight is 485 g/mol. The SMILES string of the molecule is CCCC1CCC(C2CCC(CCF)CC2)CC1.Fc1cc(C2CCC(F)CC2)ccc1Cl. The molecular weight excluding hydrogens is 441 g/mol. The fourth-order valence-electron chi connectivity index (χ4n) is 6.61. The van der Waals surface area contributed by atoms with Gasteiger partial charge in [-0.15, -0.1) is 0 Å². The van der Waals surface area contributed by atoms with Gasteiger partial charge in [0.05, 0.1) is 11.7 Å². The number of benzene rings is 1. The lowest BCUT2D eigenvalue weighted by Crippen LogP contribution is -2.26. The van der Waals surface area contributed by atoms with E-state index in [2.05, 4.69) is 6.92 Å². The molecular formula is C29H44ClF3. The van der Waals surface area contributed by atoms with Crippen molar-refractivity contribution in [2.24, 2.45) is 23.7 Å². The lowest BCUT2D eigenvalue weighted by Gasteiger charge is -2.37. The van der Waals surface area contributed by atoms with Gasteiger partial charge in [-0.1, -0.05) is 63.1 Å². The quantitative estimate of drug-likeness (QED) is 0.376. The van der Waals surface area contributed by atoms with Crippen LogP contribution in [0.5, 0.6) is 0 Å². The number of hydrogen-bond donors (Lipinski definition) is 0. The first-order valence-electron chi connectivity index (χ1n) is 13.6. The second kappa shape index (κ2) is 14.0. The van der Waals surface area contributed by atoms with E-state index in [0.29, 0.717) is 24.7 Å². The first kappa shape index (κ1) is 26.9. The highest BCUT2D eigenvalue weighted by Crippen LogP contribution is 2.42. The molecule has 0 amide bonds. The third kappa shape index (κ3) is 8.48. The molecule has 1 aromatic carbocycles. The Balaban J connectivity index is 0.000000189. The predicted molar refractivity (Wildman–Crippen MR) is 134 cm³/mol. The summed E-state index contributed by atoms with van der Waals surface area (Å²) in [4.78, 5) is 0. The summed E-state index contributed by atoms with van der Waals surface area (Å²) in [5.41, 5.74) is 0.948. The van der Waals surface area contributed by atoms with Crippen molar-refractivity contribution in [2.45, 2.75) is 115 Å². The lowest BCUT2D eigenvalue weighted by molar-refractivity contribution is 0.138. The number of hydrogen-bond acceptors (Lipinski definition) is 0. The molecule has 3 fully saturated rings. The van der Waals surface area contributed by atoms with Gasteiger partial charge in [-0.25, -0.2) is 8.78 Å². The fraction of sp³-hybridized carbons (Fsp3) is 0.793. The summed E-state index contributed by atoms with van der Waals surface area (Å²) in [6.07, 6.45) is 17.1. The number of rotatable bonds is 6. The van der Waals surface area contributed by atoms with Crippen LogP contribution in [0.1, 0.15) is 115 Å². The van der Waals surface area contributed by atoms with Crippen molar-refractivity contribution in [1.29, 1.82) is 0 Å². The van der Waals surface area contributed by atoms with Gasteiger partial charge >= 0.3 is 0 Å². The van der Waals surface area contributed by atoms with Crippen LogP contribution in [-0.2, 0) is 0 Å². The van der Waals surface area contributed by atoms with Gasteiger partial charge in [0.1, 0.15) is 12.0 Å². The Kier molecular flexibility index (Phi) is 11.4. The monoisotopic (exact) mass is 484 g/mol.